The topological polar surface area (TPSA) is 131 Å². The zero-order valence-corrected chi connectivity index (χ0v) is 13.9. The lowest BCUT2D eigenvalue weighted by atomic mass is 10.1. The van der Waals surface area contributed by atoms with Crippen LogP contribution < -0.4 is 10.6 Å². The molecule has 1 saturated carbocycles. The van der Waals surface area contributed by atoms with Gasteiger partial charge in [0.15, 0.2) is 0 Å². The van der Waals surface area contributed by atoms with Gasteiger partial charge in [-0.1, -0.05) is 6.42 Å². The van der Waals surface area contributed by atoms with Gasteiger partial charge in [-0.15, -0.1) is 0 Å². The van der Waals surface area contributed by atoms with Crippen molar-refractivity contribution in [2.45, 2.75) is 25.4 Å². The van der Waals surface area contributed by atoms with Crippen LogP contribution in [-0.2, 0) is 9.53 Å². The summed E-state index contributed by atoms with van der Waals surface area (Å²) < 4.78 is 4.41. The van der Waals surface area contributed by atoms with Crippen molar-refractivity contribution >= 4 is 23.3 Å². The SMILES string of the molecule is COC(=O)CNC(=O)c1ccc(NC[C@@H]2CCC[C@H]2O)c([N+](=O)[O-])c1. The van der Waals surface area contributed by atoms with E-state index in [1.165, 1.54) is 19.2 Å². The summed E-state index contributed by atoms with van der Waals surface area (Å²) in [7, 11) is 1.20. The predicted octanol–water partition coefficient (Wildman–Crippen LogP) is 1.07. The highest BCUT2D eigenvalue weighted by Crippen LogP contribution is 2.29. The second-order valence-corrected chi connectivity index (χ2v) is 5.89. The standard InChI is InChI=1S/C16H21N3O6/c1-25-15(21)9-18-16(22)10-5-6-12(13(7-10)19(23)24)17-8-11-3-2-4-14(11)20/h5-7,11,14,17,20H,2-4,8-9H2,1H3,(H,18,22)/t11-,14+/m0/s1. The number of nitrogens with one attached hydrogen (secondary N) is 2. The molecule has 0 radical (unpaired) electrons. The van der Waals surface area contributed by atoms with Crippen LogP contribution in [0.3, 0.4) is 0 Å². The summed E-state index contributed by atoms with van der Waals surface area (Å²) in [5.41, 5.74) is 0.119. The average Bonchev–Trinajstić information content (AvgIpc) is 3.02. The second-order valence-electron chi connectivity index (χ2n) is 5.89. The van der Waals surface area contributed by atoms with Gasteiger partial charge in [0.05, 0.1) is 18.1 Å². The summed E-state index contributed by atoms with van der Waals surface area (Å²) in [6.45, 7) is 0.110. The van der Waals surface area contributed by atoms with Crippen LogP contribution in [0.15, 0.2) is 18.2 Å². The van der Waals surface area contributed by atoms with E-state index in [0.717, 1.165) is 25.3 Å². The quantitative estimate of drug-likeness (QED) is 0.380. The maximum Gasteiger partial charge on any atom is 0.325 e. The number of nitro groups is 1. The Morgan fingerprint density at radius 1 is 1.40 bits per heavy atom. The summed E-state index contributed by atoms with van der Waals surface area (Å²) >= 11 is 0. The summed E-state index contributed by atoms with van der Waals surface area (Å²) in [5, 5.41) is 26.4. The molecule has 0 saturated heterocycles. The molecule has 1 fully saturated rings. The maximum atomic E-state index is 12.0. The first-order chi connectivity index (χ1) is 11.9. The number of amides is 1. The van der Waals surface area contributed by atoms with Crippen molar-refractivity contribution in [2.75, 3.05) is 25.5 Å². The molecule has 3 N–H and O–H groups in total. The molecule has 0 bridgehead atoms. The predicted molar refractivity (Wildman–Crippen MR) is 89.3 cm³/mol. The molecule has 1 aliphatic rings. The van der Waals surface area contributed by atoms with Crippen molar-refractivity contribution in [3.63, 3.8) is 0 Å². The Morgan fingerprint density at radius 2 is 2.16 bits per heavy atom. The molecule has 9 heteroatoms. The third-order valence-corrected chi connectivity index (χ3v) is 4.25. The smallest absolute Gasteiger partial charge is 0.325 e. The van der Waals surface area contributed by atoms with Gasteiger partial charge < -0.3 is 20.5 Å². The molecule has 2 atom stereocenters. The summed E-state index contributed by atoms with van der Waals surface area (Å²) in [5.74, 6) is -1.16. The van der Waals surface area contributed by atoms with Gasteiger partial charge in [-0.3, -0.25) is 19.7 Å². The van der Waals surface area contributed by atoms with Crippen LogP contribution in [0.1, 0.15) is 29.6 Å². The van der Waals surface area contributed by atoms with Crippen LogP contribution in [-0.4, -0.2) is 48.2 Å². The van der Waals surface area contributed by atoms with Crippen LogP contribution in [0.4, 0.5) is 11.4 Å². The Kier molecular flexibility index (Phi) is 6.29. The van der Waals surface area contributed by atoms with Crippen molar-refractivity contribution < 1.29 is 24.4 Å². The molecule has 1 aromatic rings. The second kappa shape index (κ2) is 8.43. The number of nitro benzene ring substituents is 1. The number of methoxy groups -OCH3 is 1. The highest BCUT2D eigenvalue weighted by molar-refractivity contribution is 5.97. The fourth-order valence-electron chi connectivity index (χ4n) is 2.80. The van der Waals surface area contributed by atoms with E-state index in [1.807, 2.05) is 0 Å². The van der Waals surface area contributed by atoms with Gasteiger partial charge in [0, 0.05) is 24.1 Å². The van der Waals surface area contributed by atoms with Crippen LogP contribution in [0.2, 0.25) is 0 Å². The van der Waals surface area contributed by atoms with E-state index in [9.17, 15) is 24.8 Å². The molecule has 0 aromatic heterocycles. The summed E-state index contributed by atoms with van der Waals surface area (Å²) in [6.07, 6.45) is 2.16. The minimum absolute atomic E-state index is 0.0580. The minimum Gasteiger partial charge on any atom is -0.468 e. The molecule has 2 rings (SSSR count). The Balaban J connectivity index is 2.07. The number of anilines is 1. The molecule has 1 aliphatic carbocycles. The molecule has 25 heavy (non-hydrogen) atoms. The summed E-state index contributed by atoms with van der Waals surface area (Å²) in [4.78, 5) is 33.7. The molecule has 9 nitrogen and oxygen atoms in total. The number of carbonyl (C=O) groups is 2. The Labute approximate surface area is 144 Å². The van der Waals surface area contributed by atoms with Gasteiger partial charge in [-0.25, -0.2) is 0 Å². The molecule has 136 valence electrons. The van der Waals surface area contributed by atoms with Crippen molar-refractivity contribution in [3.05, 3.63) is 33.9 Å². The number of rotatable bonds is 7. The monoisotopic (exact) mass is 351 g/mol. The van der Waals surface area contributed by atoms with E-state index in [4.69, 9.17) is 0 Å². The molecule has 1 amide bonds. The number of esters is 1. The van der Waals surface area contributed by atoms with E-state index in [-0.39, 0.29) is 29.4 Å². The molecule has 1 aromatic carbocycles. The Morgan fingerprint density at radius 3 is 2.76 bits per heavy atom. The normalized spacial score (nSPS) is 19.3. The largest absolute Gasteiger partial charge is 0.468 e. The zero-order valence-electron chi connectivity index (χ0n) is 13.9. The zero-order chi connectivity index (χ0) is 18.4. The van der Waals surface area contributed by atoms with E-state index >= 15 is 0 Å². The molecule has 0 unspecified atom stereocenters. The fraction of sp³-hybridized carbons (Fsp3) is 0.500. The van der Waals surface area contributed by atoms with Gasteiger partial charge in [0.1, 0.15) is 12.2 Å². The summed E-state index contributed by atoms with van der Waals surface area (Å²) in [6, 6.07) is 4.04. The van der Waals surface area contributed by atoms with Crippen molar-refractivity contribution in [1.29, 1.82) is 0 Å². The maximum absolute atomic E-state index is 12.0. The molecular formula is C16H21N3O6. The van der Waals surface area contributed by atoms with Gasteiger partial charge in [-0.05, 0) is 25.0 Å². The number of aliphatic hydroxyl groups excluding tert-OH is 1. The lowest BCUT2D eigenvalue weighted by molar-refractivity contribution is -0.384. The lowest BCUT2D eigenvalue weighted by Crippen LogP contribution is -2.30. The molecule has 0 heterocycles. The third kappa shape index (κ3) is 4.90. The van der Waals surface area contributed by atoms with Crippen LogP contribution in [0.25, 0.3) is 0 Å². The van der Waals surface area contributed by atoms with Gasteiger partial charge in [0.2, 0.25) is 0 Å². The van der Waals surface area contributed by atoms with Gasteiger partial charge in [0.25, 0.3) is 11.6 Å². The highest BCUT2D eigenvalue weighted by atomic mass is 16.6. The van der Waals surface area contributed by atoms with Crippen molar-refractivity contribution in [2.24, 2.45) is 5.92 Å². The minimum atomic E-state index is -0.615. The Bertz CT molecular complexity index is 663. The number of hydrogen-bond acceptors (Lipinski definition) is 7. The number of ether oxygens (including phenoxy) is 1. The molecule has 0 aliphatic heterocycles. The average molecular weight is 351 g/mol. The number of hydrogen-bond donors (Lipinski definition) is 3. The first-order valence-electron chi connectivity index (χ1n) is 7.97. The van der Waals surface area contributed by atoms with E-state index in [2.05, 4.69) is 15.4 Å². The highest BCUT2D eigenvalue weighted by Gasteiger charge is 2.26. The van der Waals surface area contributed by atoms with E-state index < -0.39 is 22.9 Å². The fourth-order valence-corrected chi connectivity index (χ4v) is 2.80. The lowest BCUT2D eigenvalue weighted by Gasteiger charge is -2.16. The van der Waals surface area contributed by atoms with Gasteiger partial charge in [-0.2, -0.15) is 0 Å². The number of benzene rings is 1. The first-order valence-corrected chi connectivity index (χ1v) is 7.97. The molecule has 0 spiro atoms. The third-order valence-electron chi connectivity index (χ3n) is 4.25. The van der Waals surface area contributed by atoms with Gasteiger partial charge >= 0.3 is 5.97 Å². The number of nitrogens with zero attached hydrogens (tertiary/aromatic N) is 1. The van der Waals surface area contributed by atoms with Crippen molar-refractivity contribution in [1.82, 2.24) is 5.32 Å². The van der Waals surface area contributed by atoms with E-state index in [1.54, 1.807) is 0 Å². The number of carbonyl (C=O) groups excluding carboxylic acids is 2. The first kappa shape index (κ1) is 18.7. The molecular weight excluding hydrogens is 330 g/mol. The van der Waals surface area contributed by atoms with Crippen molar-refractivity contribution in [3.8, 4) is 0 Å². The number of aliphatic hydroxyl groups is 1. The van der Waals surface area contributed by atoms with Crippen LogP contribution >= 0.6 is 0 Å². The van der Waals surface area contributed by atoms with Crippen LogP contribution in [0.5, 0.6) is 0 Å². The van der Waals surface area contributed by atoms with Crippen LogP contribution in [0, 0.1) is 16.0 Å². The Hall–Kier alpha value is -2.68. The van der Waals surface area contributed by atoms with E-state index in [0.29, 0.717) is 6.54 Å².